The zero-order valence-corrected chi connectivity index (χ0v) is 13.3. The molecule has 1 amide bonds. The fourth-order valence-electron chi connectivity index (χ4n) is 2.44. The van der Waals surface area contributed by atoms with E-state index in [1.54, 1.807) is 18.3 Å². The number of hydrogen-bond donors (Lipinski definition) is 1. The minimum atomic E-state index is -0.227. The van der Waals surface area contributed by atoms with Gasteiger partial charge in [-0.1, -0.05) is 6.07 Å². The van der Waals surface area contributed by atoms with Crippen molar-refractivity contribution in [2.24, 2.45) is 0 Å². The fraction of sp³-hybridized carbons (Fsp3) is 0.333. The monoisotopic (exact) mass is 312 g/mol. The van der Waals surface area contributed by atoms with Crippen molar-refractivity contribution in [3.63, 3.8) is 0 Å². The van der Waals surface area contributed by atoms with E-state index in [2.05, 4.69) is 10.3 Å². The Morgan fingerprint density at radius 1 is 1.30 bits per heavy atom. The number of carbonyl (C=O) groups is 1. The molecule has 0 bridgehead atoms. The Balaban J connectivity index is 1.77. The highest BCUT2D eigenvalue weighted by molar-refractivity contribution is 6.05. The summed E-state index contributed by atoms with van der Waals surface area (Å²) in [5.74, 6) is 0.125. The number of carbonyl (C=O) groups excluding carboxylic acids is 1. The summed E-state index contributed by atoms with van der Waals surface area (Å²) in [6.07, 6.45) is 2.39. The Labute approximate surface area is 135 Å². The van der Waals surface area contributed by atoms with Crippen LogP contribution in [0.4, 0.5) is 5.69 Å². The molecule has 1 aliphatic heterocycles. The molecule has 0 aliphatic carbocycles. The summed E-state index contributed by atoms with van der Waals surface area (Å²) in [7, 11) is 0. The lowest BCUT2D eigenvalue weighted by Gasteiger charge is -2.14. The third-order valence-corrected chi connectivity index (χ3v) is 3.95. The van der Waals surface area contributed by atoms with E-state index in [0.717, 1.165) is 17.7 Å². The van der Waals surface area contributed by atoms with E-state index >= 15 is 0 Å². The van der Waals surface area contributed by atoms with Gasteiger partial charge in [-0.15, -0.1) is 0 Å². The van der Waals surface area contributed by atoms with Gasteiger partial charge in [0.1, 0.15) is 11.7 Å². The maximum Gasteiger partial charge on any atom is 0.261 e. The highest BCUT2D eigenvalue weighted by atomic mass is 16.5. The average molecular weight is 312 g/mol. The molecular weight excluding hydrogens is 292 g/mol. The SMILES string of the molecule is Cc1ccc(NC(=O)c2cccnc2OC2CCOC2)cc1C. The van der Waals surface area contributed by atoms with E-state index in [-0.39, 0.29) is 12.0 Å². The van der Waals surface area contributed by atoms with Crippen LogP contribution >= 0.6 is 0 Å². The third-order valence-electron chi connectivity index (χ3n) is 3.95. The molecule has 120 valence electrons. The fourth-order valence-corrected chi connectivity index (χ4v) is 2.44. The highest BCUT2D eigenvalue weighted by Gasteiger charge is 2.21. The zero-order valence-electron chi connectivity index (χ0n) is 13.3. The number of benzene rings is 1. The van der Waals surface area contributed by atoms with Gasteiger partial charge in [-0.3, -0.25) is 4.79 Å². The molecular formula is C18H20N2O3. The van der Waals surface area contributed by atoms with Gasteiger partial charge in [-0.25, -0.2) is 4.98 Å². The maximum absolute atomic E-state index is 12.5. The summed E-state index contributed by atoms with van der Waals surface area (Å²) in [6, 6.07) is 9.28. The van der Waals surface area contributed by atoms with Crippen molar-refractivity contribution in [1.29, 1.82) is 0 Å². The second kappa shape index (κ2) is 6.79. The van der Waals surface area contributed by atoms with Crippen LogP contribution in [0.3, 0.4) is 0 Å². The molecule has 5 nitrogen and oxygen atoms in total. The summed E-state index contributed by atoms with van der Waals surface area (Å²) in [6.45, 7) is 5.28. The van der Waals surface area contributed by atoms with Crippen LogP contribution in [0.1, 0.15) is 27.9 Å². The summed E-state index contributed by atoms with van der Waals surface area (Å²) in [5, 5.41) is 2.90. The van der Waals surface area contributed by atoms with Crippen molar-refractivity contribution in [3.8, 4) is 5.88 Å². The van der Waals surface area contributed by atoms with Gasteiger partial charge in [0, 0.05) is 18.3 Å². The van der Waals surface area contributed by atoms with E-state index in [9.17, 15) is 4.79 Å². The molecule has 1 aromatic heterocycles. The van der Waals surface area contributed by atoms with Crippen molar-refractivity contribution in [2.45, 2.75) is 26.4 Å². The van der Waals surface area contributed by atoms with Crippen LogP contribution in [0, 0.1) is 13.8 Å². The number of anilines is 1. The number of aryl methyl sites for hydroxylation is 2. The number of nitrogens with zero attached hydrogens (tertiary/aromatic N) is 1. The summed E-state index contributed by atoms with van der Waals surface area (Å²) in [5.41, 5.74) is 3.51. The normalized spacial score (nSPS) is 17.0. The lowest BCUT2D eigenvalue weighted by molar-refractivity contribution is 0.101. The van der Waals surface area contributed by atoms with E-state index in [1.807, 2.05) is 32.0 Å². The van der Waals surface area contributed by atoms with E-state index in [1.165, 1.54) is 5.56 Å². The lowest BCUT2D eigenvalue weighted by Crippen LogP contribution is -2.20. The first-order valence-electron chi connectivity index (χ1n) is 7.71. The largest absolute Gasteiger partial charge is 0.471 e. The van der Waals surface area contributed by atoms with Gasteiger partial charge in [-0.05, 0) is 49.2 Å². The predicted octanol–water partition coefficient (Wildman–Crippen LogP) is 3.12. The van der Waals surface area contributed by atoms with Crippen LogP contribution in [-0.2, 0) is 4.74 Å². The topological polar surface area (TPSA) is 60.5 Å². The van der Waals surface area contributed by atoms with Crippen LogP contribution in [0.15, 0.2) is 36.5 Å². The molecule has 1 aromatic carbocycles. The summed E-state index contributed by atoms with van der Waals surface area (Å²) >= 11 is 0. The summed E-state index contributed by atoms with van der Waals surface area (Å²) in [4.78, 5) is 16.7. The average Bonchev–Trinajstić information content (AvgIpc) is 3.04. The van der Waals surface area contributed by atoms with Crippen molar-refractivity contribution in [1.82, 2.24) is 4.98 Å². The first-order chi connectivity index (χ1) is 11.1. The Morgan fingerprint density at radius 2 is 2.17 bits per heavy atom. The molecule has 0 radical (unpaired) electrons. The van der Waals surface area contributed by atoms with Crippen LogP contribution in [0.25, 0.3) is 0 Å². The molecule has 2 aromatic rings. The number of ether oxygens (including phenoxy) is 2. The number of pyridine rings is 1. The van der Waals surface area contributed by atoms with Gasteiger partial charge in [-0.2, -0.15) is 0 Å². The van der Waals surface area contributed by atoms with E-state index in [0.29, 0.717) is 24.7 Å². The van der Waals surface area contributed by atoms with Crippen LogP contribution < -0.4 is 10.1 Å². The Hall–Kier alpha value is -2.40. The predicted molar refractivity (Wildman–Crippen MR) is 88.0 cm³/mol. The molecule has 1 fully saturated rings. The van der Waals surface area contributed by atoms with Crippen molar-refractivity contribution in [2.75, 3.05) is 18.5 Å². The van der Waals surface area contributed by atoms with Crippen LogP contribution in [-0.4, -0.2) is 30.2 Å². The van der Waals surface area contributed by atoms with Gasteiger partial charge in [0.25, 0.3) is 5.91 Å². The maximum atomic E-state index is 12.5. The molecule has 1 aliphatic rings. The number of amides is 1. The Bertz CT molecular complexity index is 709. The number of aromatic nitrogens is 1. The second-order valence-corrected chi connectivity index (χ2v) is 5.71. The quantitative estimate of drug-likeness (QED) is 0.942. The molecule has 23 heavy (non-hydrogen) atoms. The Kier molecular flexibility index (Phi) is 4.57. The molecule has 0 saturated carbocycles. The van der Waals surface area contributed by atoms with Crippen molar-refractivity contribution in [3.05, 3.63) is 53.2 Å². The molecule has 2 heterocycles. The van der Waals surface area contributed by atoms with E-state index in [4.69, 9.17) is 9.47 Å². The van der Waals surface area contributed by atoms with E-state index < -0.39 is 0 Å². The van der Waals surface area contributed by atoms with Crippen LogP contribution in [0.2, 0.25) is 0 Å². The van der Waals surface area contributed by atoms with Crippen LogP contribution in [0.5, 0.6) is 5.88 Å². The van der Waals surface area contributed by atoms with Crippen molar-refractivity contribution < 1.29 is 14.3 Å². The number of hydrogen-bond acceptors (Lipinski definition) is 4. The molecule has 0 spiro atoms. The standard InChI is InChI=1S/C18H20N2O3/c1-12-5-6-14(10-13(12)2)20-17(21)16-4-3-8-19-18(16)23-15-7-9-22-11-15/h3-6,8,10,15H,7,9,11H2,1-2H3,(H,20,21). The second-order valence-electron chi connectivity index (χ2n) is 5.71. The smallest absolute Gasteiger partial charge is 0.261 e. The van der Waals surface area contributed by atoms with Gasteiger partial charge in [0.15, 0.2) is 0 Å². The Morgan fingerprint density at radius 3 is 2.91 bits per heavy atom. The molecule has 1 saturated heterocycles. The van der Waals surface area contributed by atoms with Gasteiger partial charge in [0.05, 0.1) is 13.2 Å². The molecule has 1 atom stereocenters. The first-order valence-corrected chi connectivity index (χ1v) is 7.71. The lowest BCUT2D eigenvalue weighted by atomic mass is 10.1. The number of rotatable bonds is 4. The minimum Gasteiger partial charge on any atom is -0.471 e. The zero-order chi connectivity index (χ0) is 16.2. The van der Waals surface area contributed by atoms with Gasteiger partial charge < -0.3 is 14.8 Å². The molecule has 1 N–H and O–H groups in total. The summed E-state index contributed by atoms with van der Waals surface area (Å²) < 4.78 is 11.1. The van der Waals surface area contributed by atoms with Gasteiger partial charge in [0.2, 0.25) is 5.88 Å². The molecule has 1 unspecified atom stereocenters. The molecule has 3 rings (SSSR count). The van der Waals surface area contributed by atoms with Gasteiger partial charge >= 0.3 is 0 Å². The van der Waals surface area contributed by atoms with Crippen molar-refractivity contribution >= 4 is 11.6 Å². The molecule has 5 heteroatoms. The highest BCUT2D eigenvalue weighted by Crippen LogP contribution is 2.21. The first kappa shape index (κ1) is 15.5. The minimum absolute atomic E-state index is 0.0435. The number of nitrogens with one attached hydrogen (secondary N) is 1. The third kappa shape index (κ3) is 3.68.